The maximum atomic E-state index is 12.4. The molecule has 1 heterocycles. The highest BCUT2D eigenvalue weighted by Crippen LogP contribution is 2.28. The minimum atomic E-state index is -0.605. The number of carbonyl (C=O) groups excluding carboxylic acids is 3. The molecule has 0 fully saturated rings. The average Bonchev–Trinajstić information content (AvgIpc) is 3.01. The first-order valence-electron chi connectivity index (χ1n) is 7.57. The molecule has 0 bridgehead atoms. The van der Waals surface area contributed by atoms with Crippen molar-refractivity contribution in [1.29, 1.82) is 0 Å². The molecule has 25 heavy (non-hydrogen) atoms. The Balaban J connectivity index is 2.05. The van der Waals surface area contributed by atoms with Gasteiger partial charge in [-0.2, -0.15) is 0 Å². The summed E-state index contributed by atoms with van der Waals surface area (Å²) in [7, 11) is 2.95. The Morgan fingerprint density at radius 3 is 2.56 bits per heavy atom. The van der Waals surface area contributed by atoms with Crippen LogP contribution in [0.25, 0.3) is 11.3 Å². The molecule has 2 aromatic rings. The van der Waals surface area contributed by atoms with Crippen LogP contribution in [0.5, 0.6) is 0 Å². The van der Waals surface area contributed by atoms with Crippen LogP contribution in [0.3, 0.4) is 0 Å². The first-order chi connectivity index (χ1) is 11.9. The van der Waals surface area contributed by atoms with Gasteiger partial charge in [0.15, 0.2) is 6.61 Å². The number of ether oxygens (including phenoxy) is 1. The van der Waals surface area contributed by atoms with Gasteiger partial charge in [-0.25, -0.2) is 9.78 Å². The number of esters is 1. The molecule has 0 spiro atoms. The fraction of sp³-hybridized carbons (Fsp3) is 0.294. The molecule has 0 aliphatic rings. The summed E-state index contributed by atoms with van der Waals surface area (Å²) in [5.41, 5.74) is 1.35. The Bertz CT molecular complexity index is 773. The highest BCUT2D eigenvalue weighted by Gasteiger charge is 2.21. The molecular formula is C17H19N3O4S. The summed E-state index contributed by atoms with van der Waals surface area (Å²) in [4.78, 5) is 41.5. The van der Waals surface area contributed by atoms with Crippen LogP contribution >= 0.6 is 11.3 Å². The number of amides is 2. The van der Waals surface area contributed by atoms with Crippen LogP contribution in [0.4, 0.5) is 0 Å². The van der Waals surface area contributed by atoms with Crippen molar-refractivity contribution in [2.45, 2.75) is 6.92 Å². The molecule has 0 saturated heterocycles. The zero-order valence-electron chi connectivity index (χ0n) is 14.2. The van der Waals surface area contributed by atoms with E-state index in [1.165, 1.54) is 30.3 Å². The minimum Gasteiger partial charge on any atom is -0.451 e. The van der Waals surface area contributed by atoms with E-state index in [2.05, 4.69) is 10.3 Å². The number of likely N-dealkylation sites (N-methyl/N-ethyl adjacent to an activating group) is 2. The average molecular weight is 361 g/mol. The quantitative estimate of drug-likeness (QED) is 0.788. The predicted octanol–water partition coefficient (Wildman–Crippen LogP) is 1.48. The predicted molar refractivity (Wildman–Crippen MR) is 94.3 cm³/mol. The van der Waals surface area contributed by atoms with Crippen molar-refractivity contribution < 1.29 is 19.1 Å². The Labute approximate surface area is 149 Å². The molecular weight excluding hydrogens is 342 g/mol. The van der Waals surface area contributed by atoms with E-state index in [0.29, 0.717) is 10.6 Å². The third-order valence-electron chi connectivity index (χ3n) is 3.38. The number of thiazole rings is 1. The van der Waals surface area contributed by atoms with Crippen molar-refractivity contribution in [2.24, 2.45) is 0 Å². The van der Waals surface area contributed by atoms with Gasteiger partial charge in [0.05, 0.1) is 17.2 Å². The molecule has 7 nitrogen and oxygen atoms in total. The third kappa shape index (κ3) is 4.87. The Morgan fingerprint density at radius 2 is 1.92 bits per heavy atom. The topological polar surface area (TPSA) is 88.6 Å². The van der Waals surface area contributed by atoms with Gasteiger partial charge in [0, 0.05) is 19.7 Å². The number of aryl methyl sites for hydroxylation is 1. The summed E-state index contributed by atoms with van der Waals surface area (Å²) in [6.07, 6.45) is 0. The first-order valence-corrected chi connectivity index (χ1v) is 8.38. The van der Waals surface area contributed by atoms with E-state index in [1.54, 1.807) is 6.92 Å². The summed E-state index contributed by atoms with van der Waals surface area (Å²) >= 11 is 1.22. The molecule has 0 saturated carbocycles. The lowest BCUT2D eigenvalue weighted by Crippen LogP contribution is -2.39. The molecule has 0 atom stereocenters. The van der Waals surface area contributed by atoms with Crippen molar-refractivity contribution in [2.75, 3.05) is 27.2 Å². The van der Waals surface area contributed by atoms with Crippen molar-refractivity contribution in [1.82, 2.24) is 15.2 Å². The number of carbonyl (C=O) groups is 3. The summed E-state index contributed by atoms with van der Waals surface area (Å²) in [5, 5.41) is 3.15. The minimum absolute atomic E-state index is 0.0954. The normalized spacial score (nSPS) is 10.2. The fourth-order valence-electron chi connectivity index (χ4n) is 2.04. The van der Waals surface area contributed by atoms with Crippen LogP contribution in [0.1, 0.15) is 14.7 Å². The standard InChI is InChI=1S/C17H19N3O4S/c1-11-19-15(12-7-5-4-6-8-12)16(25-11)17(23)24-10-14(22)20(3)9-13(21)18-2/h4-8H,9-10H2,1-3H3,(H,18,21). The number of aromatic nitrogens is 1. The molecule has 8 heteroatoms. The van der Waals surface area contributed by atoms with Gasteiger partial charge in [-0.1, -0.05) is 30.3 Å². The highest BCUT2D eigenvalue weighted by molar-refractivity contribution is 7.14. The zero-order chi connectivity index (χ0) is 18.4. The molecule has 0 radical (unpaired) electrons. The zero-order valence-corrected chi connectivity index (χ0v) is 15.1. The Morgan fingerprint density at radius 1 is 1.24 bits per heavy atom. The second-order valence-electron chi connectivity index (χ2n) is 5.28. The summed E-state index contributed by atoms with van der Waals surface area (Å²) in [6, 6.07) is 9.30. The van der Waals surface area contributed by atoms with Crippen LogP contribution in [-0.2, 0) is 14.3 Å². The van der Waals surface area contributed by atoms with Crippen molar-refractivity contribution in [3.63, 3.8) is 0 Å². The van der Waals surface area contributed by atoms with E-state index < -0.39 is 18.5 Å². The SMILES string of the molecule is CNC(=O)CN(C)C(=O)COC(=O)c1sc(C)nc1-c1ccccc1. The molecule has 0 aliphatic heterocycles. The molecule has 1 N–H and O–H groups in total. The van der Waals surface area contributed by atoms with Crippen LogP contribution < -0.4 is 5.32 Å². The maximum Gasteiger partial charge on any atom is 0.351 e. The van der Waals surface area contributed by atoms with Crippen molar-refractivity contribution in [3.8, 4) is 11.3 Å². The Kier molecular flexibility index (Phi) is 6.24. The van der Waals surface area contributed by atoms with E-state index in [-0.39, 0.29) is 12.5 Å². The van der Waals surface area contributed by atoms with Gasteiger partial charge in [-0.15, -0.1) is 11.3 Å². The molecule has 0 unspecified atom stereocenters. The van der Waals surface area contributed by atoms with Crippen molar-refractivity contribution >= 4 is 29.1 Å². The van der Waals surface area contributed by atoms with Gasteiger partial charge in [0.1, 0.15) is 4.88 Å². The second-order valence-corrected chi connectivity index (χ2v) is 6.48. The number of nitrogens with one attached hydrogen (secondary N) is 1. The fourth-order valence-corrected chi connectivity index (χ4v) is 2.88. The molecule has 1 aromatic heterocycles. The second kappa shape index (κ2) is 8.39. The largest absolute Gasteiger partial charge is 0.451 e. The lowest BCUT2D eigenvalue weighted by Gasteiger charge is -2.15. The molecule has 132 valence electrons. The smallest absolute Gasteiger partial charge is 0.351 e. The lowest BCUT2D eigenvalue weighted by atomic mass is 10.1. The molecule has 1 aromatic carbocycles. The summed E-state index contributed by atoms with van der Waals surface area (Å²) in [5.74, 6) is -1.36. The van der Waals surface area contributed by atoms with E-state index in [0.717, 1.165) is 10.6 Å². The first kappa shape index (κ1) is 18.6. The van der Waals surface area contributed by atoms with E-state index in [1.807, 2.05) is 30.3 Å². The van der Waals surface area contributed by atoms with Gasteiger partial charge < -0.3 is 15.0 Å². The highest BCUT2D eigenvalue weighted by atomic mass is 32.1. The number of rotatable bonds is 6. The van der Waals surface area contributed by atoms with Crippen molar-refractivity contribution in [3.05, 3.63) is 40.2 Å². The number of hydrogen-bond donors (Lipinski definition) is 1. The molecule has 2 rings (SSSR count). The van der Waals surface area contributed by atoms with Crippen LogP contribution in [0.15, 0.2) is 30.3 Å². The summed E-state index contributed by atoms with van der Waals surface area (Å²) < 4.78 is 5.11. The van der Waals surface area contributed by atoms with E-state index in [4.69, 9.17) is 4.74 Å². The monoisotopic (exact) mass is 361 g/mol. The van der Waals surface area contributed by atoms with Crippen LogP contribution in [0, 0.1) is 6.92 Å². The van der Waals surface area contributed by atoms with Crippen LogP contribution in [0.2, 0.25) is 0 Å². The number of nitrogens with zero attached hydrogens (tertiary/aromatic N) is 2. The number of benzene rings is 1. The number of hydrogen-bond acceptors (Lipinski definition) is 6. The maximum absolute atomic E-state index is 12.4. The van der Waals surface area contributed by atoms with Gasteiger partial charge in [-0.05, 0) is 6.92 Å². The molecule has 2 amide bonds. The Hall–Kier alpha value is -2.74. The van der Waals surface area contributed by atoms with Gasteiger partial charge in [0.2, 0.25) is 5.91 Å². The van der Waals surface area contributed by atoms with Gasteiger partial charge in [0.25, 0.3) is 5.91 Å². The molecule has 0 aliphatic carbocycles. The van der Waals surface area contributed by atoms with E-state index in [9.17, 15) is 14.4 Å². The summed E-state index contributed by atoms with van der Waals surface area (Å²) in [6.45, 7) is 1.27. The van der Waals surface area contributed by atoms with E-state index >= 15 is 0 Å². The lowest BCUT2D eigenvalue weighted by molar-refractivity contribution is -0.137. The van der Waals surface area contributed by atoms with Crippen LogP contribution in [-0.4, -0.2) is 54.9 Å². The van der Waals surface area contributed by atoms with Gasteiger partial charge >= 0.3 is 5.97 Å². The van der Waals surface area contributed by atoms with Gasteiger partial charge in [-0.3, -0.25) is 9.59 Å². The third-order valence-corrected chi connectivity index (χ3v) is 4.33.